The molecule has 1 aliphatic heterocycles. The molecule has 1 aromatic heterocycles. The summed E-state index contributed by atoms with van der Waals surface area (Å²) < 4.78 is 5.08. The van der Waals surface area contributed by atoms with Crippen LogP contribution in [0.25, 0.3) is 0 Å². The quantitative estimate of drug-likeness (QED) is 0.772. The van der Waals surface area contributed by atoms with Crippen molar-refractivity contribution in [2.45, 2.75) is 32.6 Å². The number of rotatable bonds is 4. The van der Waals surface area contributed by atoms with Crippen molar-refractivity contribution in [1.82, 2.24) is 4.98 Å². The molecule has 0 aliphatic carbocycles. The van der Waals surface area contributed by atoms with Crippen molar-refractivity contribution in [2.75, 3.05) is 24.6 Å². The second kappa shape index (κ2) is 4.64. The van der Waals surface area contributed by atoms with E-state index in [9.17, 15) is 4.79 Å². The molecular weight excluding hydrogens is 236 g/mol. The van der Waals surface area contributed by atoms with E-state index in [2.05, 4.69) is 9.88 Å². The molecule has 94 valence electrons. The minimum atomic E-state index is -0.657. The van der Waals surface area contributed by atoms with E-state index in [1.54, 1.807) is 11.3 Å². The van der Waals surface area contributed by atoms with E-state index in [4.69, 9.17) is 4.74 Å². The first-order valence-electron chi connectivity index (χ1n) is 5.94. The van der Waals surface area contributed by atoms with Crippen LogP contribution in [0.5, 0.6) is 0 Å². The lowest BCUT2D eigenvalue weighted by atomic mass is 9.90. The first-order chi connectivity index (χ1) is 8.05. The SMILES string of the molecule is CCOC(=O)C(C)(C)c1csc(N2CCC2)n1. The van der Waals surface area contributed by atoms with E-state index >= 15 is 0 Å². The van der Waals surface area contributed by atoms with Crippen molar-refractivity contribution in [3.63, 3.8) is 0 Å². The zero-order valence-electron chi connectivity index (χ0n) is 10.5. The molecule has 1 fully saturated rings. The van der Waals surface area contributed by atoms with Crippen LogP contribution in [0.15, 0.2) is 5.38 Å². The van der Waals surface area contributed by atoms with Gasteiger partial charge in [-0.2, -0.15) is 0 Å². The number of hydrogen-bond donors (Lipinski definition) is 0. The Morgan fingerprint density at radius 2 is 2.29 bits per heavy atom. The average molecular weight is 254 g/mol. The predicted molar refractivity (Wildman–Crippen MR) is 68.6 cm³/mol. The lowest BCUT2D eigenvalue weighted by Crippen LogP contribution is -2.37. The van der Waals surface area contributed by atoms with Crippen LogP contribution in [-0.4, -0.2) is 30.6 Å². The van der Waals surface area contributed by atoms with Gasteiger partial charge in [0.2, 0.25) is 0 Å². The topological polar surface area (TPSA) is 42.4 Å². The van der Waals surface area contributed by atoms with Crippen molar-refractivity contribution < 1.29 is 9.53 Å². The zero-order chi connectivity index (χ0) is 12.5. The molecule has 0 amide bonds. The van der Waals surface area contributed by atoms with Crippen LogP contribution >= 0.6 is 11.3 Å². The summed E-state index contributed by atoms with van der Waals surface area (Å²) in [5, 5.41) is 2.98. The Bertz CT molecular complexity index is 410. The fourth-order valence-electron chi connectivity index (χ4n) is 1.62. The van der Waals surface area contributed by atoms with E-state index < -0.39 is 5.41 Å². The normalized spacial score (nSPS) is 15.6. The lowest BCUT2D eigenvalue weighted by molar-refractivity contribution is -0.148. The number of ether oxygens (including phenoxy) is 1. The van der Waals surface area contributed by atoms with Crippen LogP contribution in [0, 0.1) is 0 Å². The molecule has 0 atom stereocenters. The van der Waals surface area contributed by atoms with Crippen LogP contribution in [0.2, 0.25) is 0 Å². The third kappa shape index (κ3) is 2.29. The number of aromatic nitrogens is 1. The standard InChI is InChI=1S/C12H18N2O2S/c1-4-16-10(15)12(2,3)9-8-17-11(13-9)14-6-5-7-14/h8H,4-7H2,1-3H3. The highest BCUT2D eigenvalue weighted by atomic mass is 32.1. The van der Waals surface area contributed by atoms with Crippen LogP contribution in [-0.2, 0) is 14.9 Å². The average Bonchev–Trinajstić information content (AvgIpc) is 2.65. The van der Waals surface area contributed by atoms with Gasteiger partial charge in [-0.1, -0.05) is 0 Å². The molecule has 2 rings (SSSR count). The summed E-state index contributed by atoms with van der Waals surface area (Å²) in [5.41, 5.74) is 0.151. The molecule has 17 heavy (non-hydrogen) atoms. The van der Waals surface area contributed by atoms with E-state index in [1.165, 1.54) is 6.42 Å². The highest BCUT2D eigenvalue weighted by Gasteiger charge is 2.34. The van der Waals surface area contributed by atoms with Crippen LogP contribution < -0.4 is 4.90 Å². The summed E-state index contributed by atoms with van der Waals surface area (Å²) in [7, 11) is 0. The molecular formula is C12H18N2O2S. The first-order valence-corrected chi connectivity index (χ1v) is 6.82. The molecule has 5 heteroatoms. The molecule has 0 bridgehead atoms. The Morgan fingerprint density at radius 1 is 1.59 bits per heavy atom. The maximum absolute atomic E-state index is 11.9. The van der Waals surface area contributed by atoms with Gasteiger partial charge in [0, 0.05) is 18.5 Å². The number of thiazole rings is 1. The Labute approximate surface area is 106 Å². The Hall–Kier alpha value is -1.10. The minimum Gasteiger partial charge on any atom is -0.465 e. The molecule has 0 saturated carbocycles. The summed E-state index contributed by atoms with van der Waals surface area (Å²) >= 11 is 1.60. The van der Waals surface area contributed by atoms with Gasteiger partial charge in [-0.15, -0.1) is 11.3 Å². The summed E-state index contributed by atoms with van der Waals surface area (Å²) in [6.45, 7) is 8.10. The van der Waals surface area contributed by atoms with Crippen molar-refractivity contribution >= 4 is 22.4 Å². The molecule has 2 heterocycles. The second-order valence-electron chi connectivity index (χ2n) is 4.70. The Balaban J connectivity index is 2.14. The van der Waals surface area contributed by atoms with Crippen molar-refractivity contribution in [3.05, 3.63) is 11.1 Å². The number of anilines is 1. The molecule has 0 spiro atoms. The van der Waals surface area contributed by atoms with Gasteiger partial charge >= 0.3 is 5.97 Å². The molecule has 0 N–H and O–H groups in total. The van der Waals surface area contributed by atoms with Crippen molar-refractivity contribution in [1.29, 1.82) is 0 Å². The summed E-state index contributed by atoms with van der Waals surface area (Å²) in [4.78, 5) is 18.6. The molecule has 1 aliphatic rings. The number of nitrogens with zero attached hydrogens (tertiary/aromatic N) is 2. The van der Waals surface area contributed by atoms with Crippen LogP contribution in [0.3, 0.4) is 0 Å². The number of hydrogen-bond acceptors (Lipinski definition) is 5. The van der Waals surface area contributed by atoms with Gasteiger partial charge in [-0.25, -0.2) is 4.98 Å². The minimum absolute atomic E-state index is 0.208. The van der Waals surface area contributed by atoms with Gasteiger partial charge in [0.1, 0.15) is 5.41 Å². The number of carbonyl (C=O) groups is 1. The van der Waals surface area contributed by atoms with Crippen molar-refractivity contribution in [2.24, 2.45) is 0 Å². The molecule has 0 radical (unpaired) electrons. The fourth-order valence-corrected chi connectivity index (χ4v) is 2.67. The van der Waals surface area contributed by atoms with Crippen LogP contribution in [0.1, 0.15) is 32.9 Å². The van der Waals surface area contributed by atoms with Crippen LogP contribution in [0.4, 0.5) is 5.13 Å². The molecule has 1 aromatic rings. The summed E-state index contributed by atoms with van der Waals surface area (Å²) in [6.07, 6.45) is 1.23. The van der Waals surface area contributed by atoms with Crippen molar-refractivity contribution in [3.8, 4) is 0 Å². The molecule has 4 nitrogen and oxygen atoms in total. The highest BCUT2D eigenvalue weighted by molar-refractivity contribution is 7.13. The second-order valence-corrected chi connectivity index (χ2v) is 5.54. The van der Waals surface area contributed by atoms with E-state index in [0.717, 1.165) is 23.9 Å². The van der Waals surface area contributed by atoms with Gasteiger partial charge in [0.05, 0.1) is 12.3 Å². The highest BCUT2D eigenvalue weighted by Crippen LogP contribution is 2.31. The maximum Gasteiger partial charge on any atom is 0.317 e. The third-order valence-corrected chi connectivity index (χ3v) is 3.95. The smallest absolute Gasteiger partial charge is 0.317 e. The molecule has 0 aromatic carbocycles. The van der Waals surface area contributed by atoms with Gasteiger partial charge in [-0.05, 0) is 27.2 Å². The summed E-state index contributed by atoms with van der Waals surface area (Å²) in [6, 6.07) is 0. The largest absolute Gasteiger partial charge is 0.465 e. The fraction of sp³-hybridized carbons (Fsp3) is 0.667. The number of carbonyl (C=O) groups excluding carboxylic acids is 1. The lowest BCUT2D eigenvalue weighted by Gasteiger charge is -2.30. The monoisotopic (exact) mass is 254 g/mol. The number of esters is 1. The van der Waals surface area contributed by atoms with Gasteiger partial charge < -0.3 is 9.64 Å². The Morgan fingerprint density at radius 3 is 2.82 bits per heavy atom. The predicted octanol–water partition coefficient (Wildman–Crippen LogP) is 2.19. The van der Waals surface area contributed by atoms with Gasteiger partial charge in [0.15, 0.2) is 5.13 Å². The van der Waals surface area contributed by atoms with Gasteiger partial charge in [-0.3, -0.25) is 4.79 Å². The van der Waals surface area contributed by atoms with E-state index in [1.807, 2.05) is 26.2 Å². The third-order valence-electron chi connectivity index (χ3n) is 3.04. The molecule has 1 saturated heterocycles. The summed E-state index contributed by atoms with van der Waals surface area (Å²) in [5.74, 6) is -0.208. The maximum atomic E-state index is 11.9. The first kappa shape index (κ1) is 12.4. The zero-order valence-corrected chi connectivity index (χ0v) is 11.3. The van der Waals surface area contributed by atoms with E-state index in [-0.39, 0.29) is 5.97 Å². The van der Waals surface area contributed by atoms with Gasteiger partial charge in [0.25, 0.3) is 0 Å². The molecule has 0 unspecified atom stereocenters. The van der Waals surface area contributed by atoms with E-state index in [0.29, 0.717) is 6.61 Å². The Kier molecular flexibility index (Phi) is 3.38.